The SMILES string of the molecule is Cc1cc(Nc2cc(C(F)(F)F)ccc2OCC2CO2)c2ccccc2n1. The molecule has 1 N–H and O–H groups in total. The predicted molar refractivity (Wildman–Crippen MR) is 96.4 cm³/mol. The summed E-state index contributed by atoms with van der Waals surface area (Å²) in [6, 6.07) is 12.7. The molecule has 1 aliphatic rings. The second-order valence-electron chi connectivity index (χ2n) is 6.43. The van der Waals surface area contributed by atoms with Crippen molar-refractivity contribution in [3.05, 3.63) is 59.8 Å². The van der Waals surface area contributed by atoms with Gasteiger partial charge in [0.15, 0.2) is 0 Å². The van der Waals surface area contributed by atoms with Gasteiger partial charge in [0.05, 0.1) is 23.4 Å². The number of epoxide rings is 1. The van der Waals surface area contributed by atoms with E-state index in [1.165, 1.54) is 6.07 Å². The number of para-hydroxylation sites is 1. The van der Waals surface area contributed by atoms with E-state index in [-0.39, 0.29) is 11.8 Å². The van der Waals surface area contributed by atoms with E-state index in [0.717, 1.165) is 28.7 Å². The molecule has 1 atom stereocenters. The number of anilines is 2. The Hall–Kier alpha value is -2.80. The Morgan fingerprint density at radius 3 is 2.67 bits per heavy atom. The van der Waals surface area contributed by atoms with Crippen molar-refractivity contribution in [3.8, 4) is 5.75 Å². The molecule has 4 rings (SSSR count). The van der Waals surface area contributed by atoms with Gasteiger partial charge in [0, 0.05) is 16.8 Å². The third-order valence-electron chi connectivity index (χ3n) is 4.25. The largest absolute Gasteiger partial charge is 0.489 e. The molecule has 0 amide bonds. The number of alkyl halides is 3. The number of fused-ring (bicyclic) bond motifs is 1. The zero-order chi connectivity index (χ0) is 19.0. The number of halogens is 3. The Bertz CT molecular complexity index is 985. The summed E-state index contributed by atoms with van der Waals surface area (Å²) in [6.45, 7) is 2.75. The molecule has 27 heavy (non-hydrogen) atoms. The second-order valence-corrected chi connectivity index (χ2v) is 6.43. The fourth-order valence-corrected chi connectivity index (χ4v) is 2.83. The van der Waals surface area contributed by atoms with E-state index in [2.05, 4.69) is 10.3 Å². The molecule has 0 saturated carbocycles. The lowest BCUT2D eigenvalue weighted by molar-refractivity contribution is -0.137. The van der Waals surface area contributed by atoms with Gasteiger partial charge in [0.1, 0.15) is 18.5 Å². The Balaban J connectivity index is 1.74. The van der Waals surface area contributed by atoms with Crippen LogP contribution in [0.2, 0.25) is 0 Å². The minimum Gasteiger partial charge on any atom is -0.489 e. The highest BCUT2D eigenvalue weighted by Crippen LogP contribution is 2.37. The van der Waals surface area contributed by atoms with Crippen LogP contribution in [0.3, 0.4) is 0 Å². The van der Waals surface area contributed by atoms with Gasteiger partial charge in [-0.2, -0.15) is 13.2 Å². The van der Waals surface area contributed by atoms with E-state index in [4.69, 9.17) is 9.47 Å². The van der Waals surface area contributed by atoms with E-state index in [0.29, 0.717) is 24.7 Å². The Labute approximate surface area is 153 Å². The van der Waals surface area contributed by atoms with Crippen molar-refractivity contribution >= 4 is 22.3 Å². The van der Waals surface area contributed by atoms with Gasteiger partial charge < -0.3 is 14.8 Å². The summed E-state index contributed by atoms with van der Waals surface area (Å²) >= 11 is 0. The molecule has 0 spiro atoms. The average molecular weight is 374 g/mol. The van der Waals surface area contributed by atoms with Crippen LogP contribution in [0.4, 0.5) is 24.5 Å². The smallest absolute Gasteiger partial charge is 0.416 e. The molecule has 2 aromatic carbocycles. The predicted octanol–water partition coefficient (Wildman–Crippen LogP) is 5.08. The monoisotopic (exact) mass is 374 g/mol. The molecular formula is C20H17F3N2O2. The molecule has 1 aromatic heterocycles. The number of benzene rings is 2. The third kappa shape index (κ3) is 3.98. The quantitative estimate of drug-likeness (QED) is 0.633. The lowest BCUT2D eigenvalue weighted by atomic mass is 10.1. The lowest BCUT2D eigenvalue weighted by Gasteiger charge is -2.17. The number of nitrogens with zero attached hydrogens (tertiary/aromatic N) is 1. The lowest BCUT2D eigenvalue weighted by Crippen LogP contribution is -2.09. The number of rotatable bonds is 5. The van der Waals surface area contributed by atoms with Gasteiger partial charge in [-0.1, -0.05) is 18.2 Å². The number of nitrogens with one attached hydrogen (secondary N) is 1. The van der Waals surface area contributed by atoms with Crippen LogP contribution in [0.1, 0.15) is 11.3 Å². The molecule has 0 aliphatic carbocycles. The fraction of sp³-hybridized carbons (Fsp3) is 0.250. The summed E-state index contributed by atoms with van der Waals surface area (Å²) in [5, 5.41) is 3.92. The number of hydrogen-bond donors (Lipinski definition) is 1. The Morgan fingerprint density at radius 2 is 1.93 bits per heavy atom. The van der Waals surface area contributed by atoms with Gasteiger partial charge in [-0.05, 0) is 37.3 Å². The minimum atomic E-state index is -4.44. The molecule has 2 heterocycles. The van der Waals surface area contributed by atoms with Crippen molar-refractivity contribution < 1.29 is 22.6 Å². The zero-order valence-electron chi connectivity index (χ0n) is 14.5. The first-order chi connectivity index (χ1) is 12.9. The van der Waals surface area contributed by atoms with Crippen molar-refractivity contribution in [2.24, 2.45) is 0 Å². The van der Waals surface area contributed by atoms with Crippen LogP contribution >= 0.6 is 0 Å². The van der Waals surface area contributed by atoms with Gasteiger partial charge in [-0.3, -0.25) is 4.98 Å². The first kappa shape index (κ1) is 17.6. The van der Waals surface area contributed by atoms with Crippen molar-refractivity contribution in [2.45, 2.75) is 19.2 Å². The molecule has 0 radical (unpaired) electrons. The Morgan fingerprint density at radius 1 is 1.15 bits per heavy atom. The van der Waals surface area contributed by atoms with Crippen molar-refractivity contribution in [1.82, 2.24) is 4.98 Å². The van der Waals surface area contributed by atoms with Gasteiger partial charge in [-0.15, -0.1) is 0 Å². The van der Waals surface area contributed by atoms with Crippen LogP contribution in [0.25, 0.3) is 10.9 Å². The summed E-state index contributed by atoms with van der Waals surface area (Å²) < 4.78 is 50.3. The summed E-state index contributed by atoms with van der Waals surface area (Å²) in [5.74, 6) is 0.344. The standard InChI is InChI=1S/C20H17F3N2O2/c1-12-8-17(15-4-2-3-5-16(15)24-12)25-18-9-13(20(21,22)23)6-7-19(18)27-11-14-10-26-14/h2-9,14H,10-11H2,1H3,(H,24,25). The molecule has 1 fully saturated rings. The normalized spacial score (nSPS) is 16.4. The van der Waals surface area contributed by atoms with E-state index in [9.17, 15) is 13.2 Å². The first-order valence-corrected chi connectivity index (χ1v) is 8.49. The topological polar surface area (TPSA) is 46.7 Å². The maximum atomic E-state index is 13.2. The summed E-state index contributed by atoms with van der Waals surface area (Å²) in [7, 11) is 0. The van der Waals surface area contributed by atoms with Crippen LogP contribution in [0.5, 0.6) is 5.75 Å². The molecule has 140 valence electrons. The summed E-state index contributed by atoms with van der Waals surface area (Å²) in [4.78, 5) is 4.46. The second kappa shape index (κ2) is 6.74. The maximum absolute atomic E-state index is 13.2. The maximum Gasteiger partial charge on any atom is 0.416 e. The van der Waals surface area contributed by atoms with Crippen molar-refractivity contribution in [3.63, 3.8) is 0 Å². The highest BCUT2D eigenvalue weighted by molar-refractivity contribution is 5.93. The molecular weight excluding hydrogens is 357 g/mol. The van der Waals surface area contributed by atoms with Crippen LogP contribution in [0.15, 0.2) is 48.5 Å². The third-order valence-corrected chi connectivity index (χ3v) is 4.25. The number of pyridine rings is 1. The number of ether oxygens (including phenoxy) is 2. The molecule has 1 aliphatic heterocycles. The van der Waals surface area contributed by atoms with Crippen LogP contribution in [-0.2, 0) is 10.9 Å². The van der Waals surface area contributed by atoms with E-state index < -0.39 is 11.7 Å². The van der Waals surface area contributed by atoms with Gasteiger partial charge in [0.25, 0.3) is 0 Å². The fourth-order valence-electron chi connectivity index (χ4n) is 2.83. The minimum absolute atomic E-state index is 0.00384. The molecule has 4 nitrogen and oxygen atoms in total. The summed E-state index contributed by atoms with van der Waals surface area (Å²) in [5.41, 5.74) is 1.71. The highest BCUT2D eigenvalue weighted by atomic mass is 19.4. The van der Waals surface area contributed by atoms with Gasteiger partial charge in [-0.25, -0.2) is 0 Å². The molecule has 7 heteroatoms. The number of hydrogen-bond acceptors (Lipinski definition) is 4. The van der Waals surface area contributed by atoms with Gasteiger partial charge in [0.2, 0.25) is 0 Å². The highest BCUT2D eigenvalue weighted by Gasteiger charge is 2.31. The van der Waals surface area contributed by atoms with Crippen molar-refractivity contribution in [2.75, 3.05) is 18.5 Å². The van der Waals surface area contributed by atoms with Crippen LogP contribution in [-0.4, -0.2) is 24.3 Å². The summed E-state index contributed by atoms with van der Waals surface area (Å²) in [6.07, 6.45) is -4.44. The Kier molecular flexibility index (Phi) is 4.39. The molecule has 1 saturated heterocycles. The number of aryl methyl sites for hydroxylation is 1. The first-order valence-electron chi connectivity index (χ1n) is 8.49. The average Bonchev–Trinajstić information content (AvgIpc) is 3.44. The molecule has 1 unspecified atom stereocenters. The molecule has 3 aromatic rings. The number of aromatic nitrogens is 1. The van der Waals surface area contributed by atoms with E-state index in [1.807, 2.05) is 31.2 Å². The zero-order valence-corrected chi connectivity index (χ0v) is 14.5. The van der Waals surface area contributed by atoms with Crippen LogP contribution < -0.4 is 10.1 Å². The molecule has 0 bridgehead atoms. The van der Waals surface area contributed by atoms with Crippen LogP contribution in [0, 0.1) is 6.92 Å². The van der Waals surface area contributed by atoms with Crippen molar-refractivity contribution in [1.29, 1.82) is 0 Å². The van der Waals surface area contributed by atoms with Gasteiger partial charge >= 0.3 is 6.18 Å². The van der Waals surface area contributed by atoms with E-state index >= 15 is 0 Å². The van der Waals surface area contributed by atoms with E-state index in [1.54, 1.807) is 6.07 Å².